The number of nitrogens with zero attached hydrogens (tertiary/aromatic N) is 1. The first kappa shape index (κ1) is 14.4. The van der Waals surface area contributed by atoms with Gasteiger partial charge in [-0.05, 0) is 0 Å². The lowest BCUT2D eigenvalue weighted by molar-refractivity contribution is -0.0460. The Balaban J connectivity index is 1.95. The number of alkyl halides is 2. The van der Waals surface area contributed by atoms with Crippen molar-refractivity contribution in [1.82, 2.24) is 9.55 Å². The van der Waals surface area contributed by atoms with Crippen LogP contribution < -0.4 is 11.2 Å². The Morgan fingerprint density at radius 1 is 1.48 bits per heavy atom. The molecule has 3 rings (SSSR count). The van der Waals surface area contributed by atoms with Crippen LogP contribution in [0.2, 0.25) is 0 Å². The maximum Gasteiger partial charge on any atom is 0.330 e. The Labute approximate surface area is 116 Å². The van der Waals surface area contributed by atoms with Gasteiger partial charge in [-0.1, -0.05) is 0 Å². The van der Waals surface area contributed by atoms with E-state index < -0.39 is 54.6 Å². The normalized spacial score (nSPS) is 34.1. The second-order valence-electron chi connectivity index (χ2n) is 5.38. The van der Waals surface area contributed by atoms with Crippen LogP contribution in [0.3, 0.4) is 0 Å². The van der Waals surface area contributed by atoms with Gasteiger partial charge < -0.3 is 14.9 Å². The number of halogens is 2. The summed E-state index contributed by atoms with van der Waals surface area (Å²) in [6, 6.07) is 0. The van der Waals surface area contributed by atoms with Gasteiger partial charge in [0.1, 0.15) is 12.3 Å². The lowest BCUT2D eigenvalue weighted by atomic mass is 10.2. The molecule has 4 atom stereocenters. The second-order valence-corrected chi connectivity index (χ2v) is 5.38. The molecule has 116 valence electrons. The minimum absolute atomic E-state index is 0.0255. The Bertz CT molecular complexity index is 670. The molecule has 0 bridgehead atoms. The molecule has 1 aromatic rings. The number of ether oxygens (including phenoxy) is 1. The van der Waals surface area contributed by atoms with Crippen molar-refractivity contribution in [1.29, 1.82) is 0 Å². The van der Waals surface area contributed by atoms with Crippen LogP contribution in [0.25, 0.3) is 0 Å². The molecule has 2 heterocycles. The monoisotopic (exact) mass is 304 g/mol. The number of hydrogen-bond donors (Lipinski definition) is 3. The summed E-state index contributed by atoms with van der Waals surface area (Å²) in [5, 5.41) is 18.7. The lowest BCUT2D eigenvalue weighted by Crippen LogP contribution is -2.34. The molecule has 3 N–H and O–H groups in total. The quantitative estimate of drug-likeness (QED) is 0.685. The summed E-state index contributed by atoms with van der Waals surface area (Å²) in [6.45, 7) is -0.427. The number of aliphatic hydroxyl groups excluding tert-OH is 2. The van der Waals surface area contributed by atoms with Crippen molar-refractivity contribution in [3.8, 4) is 0 Å². The van der Waals surface area contributed by atoms with Gasteiger partial charge in [-0.3, -0.25) is 14.3 Å². The van der Waals surface area contributed by atoms with Crippen LogP contribution in [0.1, 0.15) is 30.6 Å². The van der Waals surface area contributed by atoms with Crippen LogP contribution in [0.4, 0.5) is 8.78 Å². The topological polar surface area (TPSA) is 105 Å². The van der Waals surface area contributed by atoms with Gasteiger partial charge in [0.05, 0.1) is 18.6 Å². The summed E-state index contributed by atoms with van der Waals surface area (Å²) in [5.74, 6) is -4.13. The third-order valence-corrected chi connectivity index (χ3v) is 3.89. The first-order valence-corrected chi connectivity index (χ1v) is 6.51. The van der Waals surface area contributed by atoms with Crippen molar-refractivity contribution in [2.24, 2.45) is 0 Å². The highest BCUT2D eigenvalue weighted by Gasteiger charge is 2.59. The first-order chi connectivity index (χ1) is 9.83. The van der Waals surface area contributed by atoms with E-state index in [4.69, 9.17) is 9.84 Å². The summed E-state index contributed by atoms with van der Waals surface area (Å²) in [4.78, 5) is 25.4. The molecular weight excluding hydrogens is 290 g/mol. The largest absolute Gasteiger partial charge is 0.394 e. The average Bonchev–Trinajstić information content (AvgIpc) is 2.87. The van der Waals surface area contributed by atoms with Gasteiger partial charge in [-0.25, -0.2) is 13.6 Å². The maximum atomic E-state index is 13.1. The number of aromatic amines is 1. The van der Waals surface area contributed by atoms with E-state index in [-0.39, 0.29) is 12.0 Å². The fourth-order valence-corrected chi connectivity index (χ4v) is 2.56. The Morgan fingerprint density at radius 3 is 2.67 bits per heavy atom. The van der Waals surface area contributed by atoms with Crippen LogP contribution in [0.5, 0.6) is 0 Å². The standard InChI is InChI=1S/C12H14F2N2O5/c13-12(14)2-6(12)5-3-16(11(20)15-10(5)19)9-1-7(18)8(4-17)21-9/h3,6-9,17-18H,1-2,4H2,(H,15,19,20)/t6-,7-,8+,9+/m0/s1. The third-order valence-electron chi connectivity index (χ3n) is 3.89. The van der Waals surface area contributed by atoms with Crippen LogP contribution in [0.15, 0.2) is 15.8 Å². The van der Waals surface area contributed by atoms with Gasteiger partial charge >= 0.3 is 5.69 Å². The smallest absolute Gasteiger partial charge is 0.330 e. The molecule has 7 nitrogen and oxygen atoms in total. The second kappa shape index (κ2) is 4.72. The summed E-state index contributed by atoms with van der Waals surface area (Å²) in [5.41, 5.74) is -1.82. The lowest BCUT2D eigenvalue weighted by Gasteiger charge is -2.15. The number of aliphatic hydroxyl groups is 2. The number of aromatic nitrogens is 2. The van der Waals surface area contributed by atoms with E-state index >= 15 is 0 Å². The fourth-order valence-electron chi connectivity index (χ4n) is 2.56. The van der Waals surface area contributed by atoms with E-state index in [9.17, 15) is 23.5 Å². The summed E-state index contributed by atoms with van der Waals surface area (Å²) < 4.78 is 32.5. The van der Waals surface area contributed by atoms with Gasteiger partial charge in [0.15, 0.2) is 0 Å². The van der Waals surface area contributed by atoms with Crippen molar-refractivity contribution in [3.05, 3.63) is 32.6 Å². The Morgan fingerprint density at radius 2 is 2.14 bits per heavy atom. The van der Waals surface area contributed by atoms with Crippen LogP contribution >= 0.6 is 0 Å². The molecule has 9 heteroatoms. The minimum atomic E-state index is -2.93. The number of H-pyrrole nitrogens is 1. The SMILES string of the molecule is O=c1[nH]c(=O)n([C@H]2C[C@H](O)[C@@H](CO)O2)cc1[C@@H]1CC1(F)F. The molecule has 2 aliphatic rings. The number of nitrogens with one attached hydrogen (secondary N) is 1. The van der Waals surface area contributed by atoms with Crippen LogP contribution in [-0.4, -0.2) is 44.5 Å². The molecule has 1 saturated carbocycles. The molecule has 0 spiro atoms. The summed E-state index contributed by atoms with van der Waals surface area (Å²) in [7, 11) is 0. The molecule has 0 aromatic carbocycles. The van der Waals surface area contributed by atoms with Crippen molar-refractivity contribution in [2.75, 3.05) is 6.61 Å². The van der Waals surface area contributed by atoms with Gasteiger partial charge in [0.2, 0.25) is 0 Å². The number of rotatable bonds is 3. The van der Waals surface area contributed by atoms with Crippen LogP contribution in [-0.2, 0) is 4.74 Å². The van der Waals surface area contributed by atoms with E-state index in [1.165, 1.54) is 0 Å². The summed E-state index contributed by atoms with van der Waals surface area (Å²) in [6.07, 6.45) is -2.07. The Kier molecular flexibility index (Phi) is 3.23. The molecule has 1 aliphatic heterocycles. The first-order valence-electron chi connectivity index (χ1n) is 6.51. The van der Waals surface area contributed by atoms with E-state index in [2.05, 4.69) is 0 Å². The molecule has 1 aromatic heterocycles. The highest BCUT2D eigenvalue weighted by Crippen LogP contribution is 2.54. The van der Waals surface area contributed by atoms with Crippen LogP contribution in [0, 0.1) is 0 Å². The molecular formula is C12H14F2N2O5. The van der Waals surface area contributed by atoms with Gasteiger partial charge in [-0.2, -0.15) is 0 Å². The molecule has 1 aliphatic carbocycles. The fraction of sp³-hybridized carbons (Fsp3) is 0.667. The number of hydrogen-bond acceptors (Lipinski definition) is 5. The molecule has 0 amide bonds. The van der Waals surface area contributed by atoms with E-state index in [1.807, 2.05) is 4.98 Å². The predicted octanol–water partition coefficient (Wildman–Crippen LogP) is -0.700. The zero-order valence-electron chi connectivity index (χ0n) is 10.8. The maximum absolute atomic E-state index is 13.1. The minimum Gasteiger partial charge on any atom is -0.394 e. The molecule has 0 unspecified atom stereocenters. The average molecular weight is 304 g/mol. The van der Waals surface area contributed by atoms with E-state index in [0.717, 1.165) is 10.8 Å². The predicted molar refractivity (Wildman–Crippen MR) is 65.2 cm³/mol. The Hall–Kier alpha value is -1.58. The van der Waals surface area contributed by atoms with Crippen molar-refractivity contribution < 1.29 is 23.7 Å². The van der Waals surface area contributed by atoms with Gasteiger partial charge in [0, 0.05) is 24.6 Å². The van der Waals surface area contributed by atoms with E-state index in [1.54, 1.807) is 0 Å². The highest BCUT2D eigenvalue weighted by molar-refractivity contribution is 5.24. The molecule has 1 saturated heterocycles. The van der Waals surface area contributed by atoms with Gasteiger partial charge in [-0.15, -0.1) is 0 Å². The molecule has 0 radical (unpaired) electrons. The molecule has 2 fully saturated rings. The van der Waals surface area contributed by atoms with Gasteiger partial charge in [0.25, 0.3) is 11.5 Å². The molecule has 21 heavy (non-hydrogen) atoms. The zero-order valence-corrected chi connectivity index (χ0v) is 10.8. The highest BCUT2D eigenvalue weighted by atomic mass is 19.3. The van der Waals surface area contributed by atoms with E-state index in [0.29, 0.717) is 0 Å². The van der Waals surface area contributed by atoms with Crippen molar-refractivity contribution in [2.45, 2.75) is 43.1 Å². The van der Waals surface area contributed by atoms with Crippen molar-refractivity contribution in [3.63, 3.8) is 0 Å². The summed E-state index contributed by atoms with van der Waals surface area (Å²) >= 11 is 0. The third kappa shape index (κ3) is 2.41. The zero-order chi connectivity index (χ0) is 15.4. The van der Waals surface area contributed by atoms with Crippen molar-refractivity contribution >= 4 is 0 Å².